The summed E-state index contributed by atoms with van der Waals surface area (Å²) < 4.78 is 13.3. The third kappa shape index (κ3) is 3.68. The molecule has 0 aliphatic heterocycles. The summed E-state index contributed by atoms with van der Waals surface area (Å²) in [5, 5.41) is 21.2. The summed E-state index contributed by atoms with van der Waals surface area (Å²) in [6, 6.07) is 12.6. The van der Waals surface area contributed by atoms with Gasteiger partial charge in [0.1, 0.15) is 11.9 Å². The molecular weight excluding hydrogens is 283 g/mol. The summed E-state index contributed by atoms with van der Waals surface area (Å²) in [5.41, 5.74) is 2.27. The number of benzene rings is 2. The highest BCUT2D eigenvalue weighted by molar-refractivity contribution is 5.87. The van der Waals surface area contributed by atoms with Crippen molar-refractivity contribution in [3.63, 3.8) is 0 Å². The summed E-state index contributed by atoms with van der Waals surface area (Å²) in [5.74, 6) is -1.28. The SMILES string of the molecule is Cc1cc(C(C#N)NCc2ccc(C(=O)O)cc2)ccc1F. The fourth-order valence-electron chi connectivity index (χ4n) is 2.07. The van der Waals surface area contributed by atoms with Crippen LogP contribution >= 0.6 is 0 Å². The van der Waals surface area contributed by atoms with Gasteiger partial charge in [-0.1, -0.05) is 24.3 Å². The predicted molar refractivity (Wildman–Crippen MR) is 79.7 cm³/mol. The number of aromatic carboxylic acids is 1. The van der Waals surface area contributed by atoms with Crippen molar-refractivity contribution >= 4 is 5.97 Å². The molecule has 4 nitrogen and oxygen atoms in total. The minimum atomic E-state index is -0.976. The number of aryl methyl sites for hydroxylation is 1. The number of hydrogen-bond donors (Lipinski definition) is 2. The van der Waals surface area contributed by atoms with Crippen LogP contribution in [0.5, 0.6) is 0 Å². The van der Waals surface area contributed by atoms with Crippen LogP contribution in [0.15, 0.2) is 42.5 Å². The van der Waals surface area contributed by atoms with Crippen LogP contribution in [0.4, 0.5) is 4.39 Å². The monoisotopic (exact) mass is 298 g/mol. The maximum atomic E-state index is 13.3. The molecule has 0 saturated carbocycles. The number of hydrogen-bond acceptors (Lipinski definition) is 3. The number of nitrogens with zero attached hydrogens (tertiary/aromatic N) is 1. The first-order chi connectivity index (χ1) is 10.5. The van der Waals surface area contributed by atoms with E-state index in [0.717, 1.165) is 5.56 Å². The number of carboxylic acid groups (broad SMARTS) is 1. The van der Waals surface area contributed by atoms with Crippen molar-refractivity contribution in [2.24, 2.45) is 0 Å². The van der Waals surface area contributed by atoms with E-state index in [0.29, 0.717) is 17.7 Å². The van der Waals surface area contributed by atoms with Gasteiger partial charge in [-0.15, -0.1) is 0 Å². The van der Waals surface area contributed by atoms with Gasteiger partial charge in [0, 0.05) is 6.54 Å². The first kappa shape index (κ1) is 15.7. The summed E-state index contributed by atoms with van der Waals surface area (Å²) in [4.78, 5) is 10.8. The molecule has 112 valence electrons. The highest BCUT2D eigenvalue weighted by Crippen LogP contribution is 2.17. The van der Waals surface area contributed by atoms with E-state index in [4.69, 9.17) is 5.11 Å². The van der Waals surface area contributed by atoms with Gasteiger partial charge in [0.15, 0.2) is 0 Å². The minimum Gasteiger partial charge on any atom is -0.478 e. The topological polar surface area (TPSA) is 73.1 Å². The lowest BCUT2D eigenvalue weighted by atomic mass is 10.0. The van der Waals surface area contributed by atoms with E-state index < -0.39 is 12.0 Å². The molecule has 0 aliphatic carbocycles. The molecule has 1 atom stereocenters. The van der Waals surface area contributed by atoms with Crippen molar-refractivity contribution in [3.8, 4) is 6.07 Å². The van der Waals surface area contributed by atoms with E-state index >= 15 is 0 Å². The van der Waals surface area contributed by atoms with Gasteiger partial charge < -0.3 is 5.11 Å². The lowest BCUT2D eigenvalue weighted by molar-refractivity contribution is 0.0697. The largest absolute Gasteiger partial charge is 0.478 e. The van der Waals surface area contributed by atoms with Crippen molar-refractivity contribution in [2.45, 2.75) is 19.5 Å². The number of halogens is 1. The Kier molecular flexibility index (Phi) is 4.87. The molecular formula is C17H15FN2O2. The average Bonchev–Trinajstić information content (AvgIpc) is 2.51. The molecule has 0 aliphatic rings. The average molecular weight is 298 g/mol. The number of carbonyl (C=O) groups is 1. The normalized spacial score (nSPS) is 11.7. The third-order valence-corrected chi connectivity index (χ3v) is 3.36. The third-order valence-electron chi connectivity index (χ3n) is 3.36. The predicted octanol–water partition coefficient (Wildman–Crippen LogP) is 3.19. The van der Waals surface area contributed by atoms with Crippen LogP contribution in [-0.4, -0.2) is 11.1 Å². The maximum Gasteiger partial charge on any atom is 0.335 e. The van der Waals surface area contributed by atoms with Crippen LogP contribution in [0.2, 0.25) is 0 Å². The fourth-order valence-corrected chi connectivity index (χ4v) is 2.07. The van der Waals surface area contributed by atoms with Crippen molar-refractivity contribution in [1.29, 1.82) is 5.26 Å². The standard InChI is InChI=1S/C17H15FN2O2/c1-11-8-14(6-7-15(11)18)16(9-19)20-10-12-2-4-13(5-3-12)17(21)22/h2-8,16,20H,10H2,1H3,(H,21,22). The van der Waals surface area contributed by atoms with Gasteiger partial charge in [-0.25, -0.2) is 9.18 Å². The number of nitrogens with one attached hydrogen (secondary N) is 1. The number of rotatable bonds is 5. The molecule has 0 fully saturated rings. The van der Waals surface area contributed by atoms with Gasteiger partial charge >= 0.3 is 5.97 Å². The zero-order valence-corrected chi connectivity index (χ0v) is 12.0. The number of carboxylic acids is 1. The Hall–Kier alpha value is -2.71. The second-order valence-electron chi connectivity index (χ2n) is 4.95. The Morgan fingerprint density at radius 2 is 2.00 bits per heavy atom. The first-order valence-electron chi connectivity index (χ1n) is 6.72. The highest BCUT2D eigenvalue weighted by Gasteiger charge is 2.11. The zero-order valence-electron chi connectivity index (χ0n) is 12.0. The second-order valence-corrected chi connectivity index (χ2v) is 4.95. The van der Waals surface area contributed by atoms with Crippen LogP contribution in [0.1, 0.15) is 33.1 Å². The molecule has 0 saturated heterocycles. The summed E-state index contributed by atoms with van der Waals surface area (Å²) in [7, 11) is 0. The number of nitriles is 1. The Morgan fingerprint density at radius 1 is 1.32 bits per heavy atom. The molecule has 2 rings (SSSR count). The smallest absolute Gasteiger partial charge is 0.335 e. The lowest BCUT2D eigenvalue weighted by Gasteiger charge is -2.13. The van der Waals surface area contributed by atoms with Crippen LogP contribution in [-0.2, 0) is 6.54 Å². The van der Waals surface area contributed by atoms with E-state index in [1.165, 1.54) is 18.2 Å². The molecule has 0 heterocycles. The zero-order chi connectivity index (χ0) is 16.1. The Bertz CT molecular complexity index is 720. The van der Waals surface area contributed by atoms with E-state index in [1.54, 1.807) is 31.2 Å². The van der Waals surface area contributed by atoms with Gasteiger partial charge in [0.25, 0.3) is 0 Å². The van der Waals surface area contributed by atoms with Gasteiger partial charge in [-0.05, 0) is 41.8 Å². The first-order valence-corrected chi connectivity index (χ1v) is 6.72. The van der Waals surface area contributed by atoms with E-state index in [2.05, 4.69) is 11.4 Å². The van der Waals surface area contributed by atoms with Crippen LogP contribution in [0.25, 0.3) is 0 Å². The summed E-state index contributed by atoms with van der Waals surface area (Å²) in [6.45, 7) is 2.06. The Balaban J connectivity index is 2.06. The van der Waals surface area contributed by atoms with Crippen molar-refractivity contribution in [2.75, 3.05) is 0 Å². The lowest BCUT2D eigenvalue weighted by Crippen LogP contribution is -2.19. The molecule has 0 aromatic heterocycles. The molecule has 0 amide bonds. The molecule has 5 heteroatoms. The van der Waals surface area contributed by atoms with E-state index in [-0.39, 0.29) is 11.4 Å². The van der Waals surface area contributed by atoms with Gasteiger partial charge in [-0.3, -0.25) is 5.32 Å². The van der Waals surface area contributed by atoms with Gasteiger partial charge in [0.05, 0.1) is 11.6 Å². The van der Waals surface area contributed by atoms with Gasteiger partial charge in [0.2, 0.25) is 0 Å². The fraction of sp³-hybridized carbons (Fsp3) is 0.176. The van der Waals surface area contributed by atoms with Gasteiger partial charge in [-0.2, -0.15) is 5.26 Å². The maximum absolute atomic E-state index is 13.3. The second kappa shape index (κ2) is 6.83. The quantitative estimate of drug-likeness (QED) is 0.889. The minimum absolute atomic E-state index is 0.217. The molecule has 1 unspecified atom stereocenters. The van der Waals surface area contributed by atoms with Crippen LogP contribution < -0.4 is 5.32 Å². The van der Waals surface area contributed by atoms with E-state index in [1.807, 2.05) is 0 Å². The van der Waals surface area contributed by atoms with Crippen molar-refractivity contribution in [1.82, 2.24) is 5.32 Å². The molecule has 0 radical (unpaired) electrons. The van der Waals surface area contributed by atoms with E-state index in [9.17, 15) is 14.4 Å². The molecule has 2 aromatic rings. The molecule has 0 bridgehead atoms. The van der Waals surface area contributed by atoms with Crippen LogP contribution in [0.3, 0.4) is 0 Å². The van der Waals surface area contributed by atoms with Crippen LogP contribution in [0, 0.1) is 24.1 Å². The summed E-state index contributed by atoms with van der Waals surface area (Å²) >= 11 is 0. The molecule has 22 heavy (non-hydrogen) atoms. The van der Waals surface area contributed by atoms with Crippen molar-refractivity contribution in [3.05, 3.63) is 70.5 Å². The molecule has 2 N–H and O–H groups in total. The van der Waals surface area contributed by atoms with Crippen molar-refractivity contribution < 1.29 is 14.3 Å². The molecule has 2 aromatic carbocycles. The highest BCUT2D eigenvalue weighted by atomic mass is 19.1. The Labute approximate surface area is 127 Å². The molecule has 0 spiro atoms. The summed E-state index contributed by atoms with van der Waals surface area (Å²) in [6.07, 6.45) is 0. The Morgan fingerprint density at radius 3 is 2.55 bits per heavy atom.